The number of hydrogen-bond donors (Lipinski definition) is 0. The molecule has 16 rings (SSSR count). The highest BCUT2D eigenvalue weighted by molar-refractivity contribution is 6.12. The van der Waals surface area contributed by atoms with Crippen LogP contribution >= 0.6 is 0 Å². The number of aromatic nitrogens is 11. The predicted octanol–water partition coefficient (Wildman–Crippen LogP) is 19.8. The molecule has 0 bridgehead atoms. The van der Waals surface area contributed by atoms with Crippen LogP contribution in [-0.4, -0.2) is 54.4 Å². The van der Waals surface area contributed by atoms with Gasteiger partial charge in [0.25, 0.3) is 0 Å². The van der Waals surface area contributed by atoms with Gasteiger partial charge in [0.1, 0.15) is 0 Å². The van der Waals surface area contributed by atoms with Crippen LogP contribution in [0.15, 0.2) is 303 Å². The van der Waals surface area contributed by atoms with Crippen molar-refractivity contribution in [3.8, 4) is 142 Å². The van der Waals surface area contributed by atoms with Crippen molar-refractivity contribution in [2.24, 2.45) is 0 Å². The van der Waals surface area contributed by atoms with Crippen LogP contribution in [0.3, 0.4) is 0 Å². The minimum Gasteiger partial charge on any atom is -0.308 e. The topological polar surface area (TPSA) is 134 Å². The number of rotatable bonds is 13. The predicted molar refractivity (Wildman–Crippen MR) is 369 cm³/mol. The lowest BCUT2D eigenvalue weighted by Crippen LogP contribution is -2.11. The Bertz CT molecular complexity index is 4930. The first-order chi connectivity index (χ1) is 46.7. The third-order valence-electron chi connectivity index (χ3n) is 16.6. The molecule has 0 fully saturated rings. The summed E-state index contributed by atoms with van der Waals surface area (Å²) in [6, 6.07) is 94.9. The molecule has 16 aromatic rings. The number of alkyl halides is 3. The summed E-state index contributed by atoms with van der Waals surface area (Å²) >= 11 is 0. The van der Waals surface area contributed by atoms with Crippen molar-refractivity contribution in [1.82, 2.24) is 54.4 Å². The standard InChI is InChI=1S/C81H50F3N11/c82-81(83,84)61-47-64(69-50-68(53-29-13-3-14-30-53)85-73(88-69)54-31-15-4-16-32-54)72(65(48-61)80-86-66(51-25-9-1-10-26-51)49-67(87-80)52-27-11-2-12-28-52)95-70-45-59(78-91-74(55-33-17-5-18-34-55)89-75(92-78)56-35-19-6-20-36-56)41-43-62(70)63-44-42-60(46-71(63)95)79-93-76(57-37-21-7-22-38-57)90-77(94-79)58-39-23-8-24-40-58/h1-50H. The summed E-state index contributed by atoms with van der Waals surface area (Å²) in [5.41, 5.74) is 9.44. The van der Waals surface area contributed by atoms with Crippen LogP contribution in [0.4, 0.5) is 13.2 Å². The molecule has 95 heavy (non-hydrogen) atoms. The second-order valence-electron chi connectivity index (χ2n) is 22.7. The van der Waals surface area contributed by atoms with Gasteiger partial charge < -0.3 is 4.57 Å². The maximum Gasteiger partial charge on any atom is 0.416 e. The van der Waals surface area contributed by atoms with Crippen LogP contribution in [0, 0.1) is 0 Å². The summed E-state index contributed by atoms with van der Waals surface area (Å²) in [4.78, 5) is 51.9. The van der Waals surface area contributed by atoms with Crippen LogP contribution in [0.2, 0.25) is 0 Å². The second-order valence-corrected chi connectivity index (χ2v) is 22.7. The van der Waals surface area contributed by atoms with E-state index in [1.165, 1.54) is 6.07 Å². The first-order valence-electron chi connectivity index (χ1n) is 30.8. The highest BCUT2D eigenvalue weighted by Crippen LogP contribution is 2.47. The Morgan fingerprint density at radius 2 is 0.484 bits per heavy atom. The smallest absolute Gasteiger partial charge is 0.308 e. The van der Waals surface area contributed by atoms with Crippen LogP contribution in [0.25, 0.3) is 164 Å². The molecule has 0 spiro atoms. The summed E-state index contributed by atoms with van der Waals surface area (Å²) in [7, 11) is 0. The number of benzene rings is 11. The lowest BCUT2D eigenvalue weighted by atomic mass is 9.96. The summed E-state index contributed by atoms with van der Waals surface area (Å²) in [5, 5.41) is 1.50. The Morgan fingerprint density at radius 3 is 0.811 bits per heavy atom. The fourth-order valence-electron chi connectivity index (χ4n) is 12.0. The van der Waals surface area contributed by atoms with Gasteiger partial charge >= 0.3 is 6.18 Å². The monoisotopic (exact) mass is 1230 g/mol. The molecule has 5 aromatic heterocycles. The second kappa shape index (κ2) is 24.4. The van der Waals surface area contributed by atoms with E-state index in [1.807, 2.05) is 290 Å². The Labute approximate surface area is 543 Å². The average molecular weight is 1230 g/mol. The van der Waals surface area contributed by atoms with E-state index in [0.717, 1.165) is 55.8 Å². The molecule has 11 nitrogen and oxygen atoms in total. The van der Waals surface area contributed by atoms with Crippen molar-refractivity contribution in [1.29, 1.82) is 0 Å². The largest absolute Gasteiger partial charge is 0.416 e. The molecule has 0 aliphatic rings. The van der Waals surface area contributed by atoms with Gasteiger partial charge in [-0.1, -0.05) is 267 Å². The van der Waals surface area contributed by atoms with Gasteiger partial charge in [0.05, 0.1) is 45.1 Å². The van der Waals surface area contributed by atoms with Gasteiger partial charge in [-0.05, 0) is 36.4 Å². The van der Waals surface area contributed by atoms with Crippen molar-refractivity contribution in [2.75, 3.05) is 0 Å². The molecule has 11 aromatic carbocycles. The van der Waals surface area contributed by atoms with E-state index >= 15 is 13.2 Å². The van der Waals surface area contributed by atoms with Crippen molar-refractivity contribution < 1.29 is 13.2 Å². The highest BCUT2D eigenvalue weighted by Gasteiger charge is 2.35. The molecule has 0 aliphatic carbocycles. The first-order valence-corrected chi connectivity index (χ1v) is 30.8. The number of fused-ring (bicyclic) bond motifs is 3. The summed E-state index contributed by atoms with van der Waals surface area (Å²) < 4.78 is 51.6. The molecular formula is C81H50F3N11. The molecule has 0 radical (unpaired) electrons. The Balaban J connectivity index is 1.07. The Morgan fingerprint density at radius 1 is 0.221 bits per heavy atom. The maximum absolute atomic E-state index is 16.5. The fourth-order valence-corrected chi connectivity index (χ4v) is 12.0. The highest BCUT2D eigenvalue weighted by atomic mass is 19.4. The minimum absolute atomic E-state index is 0.0189. The van der Waals surface area contributed by atoms with Crippen LogP contribution < -0.4 is 0 Å². The third kappa shape index (κ3) is 11.4. The lowest BCUT2D eigenvalue weighted by Gasteiger charge is -2.22. The third-order valence-corrected chi connectivity index (χ3v) is 16.6. The SMILES string of the molecule is FC(F)(F)c1cc(-c2cc(-c3ccccc3)nc(-c3ccccc3)n2)c(-n2c3cc(-c4nc(-c5ccccc5)nc(-c5ccccc5)n4)ccc3c3ccc(-c4nc(-c5ccccc5)nc(-c5ccccc5)n4)cc32)c(-c2nc(-c3ccccc3)cc(-c3ccccc3)n2)c1. The van der Waals surface area contributed by atoms with E-state index in [9.17, 15) is 0 Å². The van der Waals surface area contributed by atoms with E-state index in [1.54, 1.807) is 6.07 Å². The molecular weight excluding hydrogens is 1180 g/mol. The zero-order valence-corrected chi connectivity index (χ0v) is 50.4. The average Bonchev–Trinajstić information content (AvgIpc) is 1.38. The molecule has 0 atom stereocenters. The van der Waals surface area contributed by atoms with E-state index in [-0.39, 0.29) is 28.3 Å². The maximum atomic E-state index is 16.5. The zero-order chi connectivity index (χ0) is 63.8. The van der Waals surface area contributed by atoms with Gasteiger partial charge in [0.15, 0.2) is 46.6 Å². The first kappa shape index (κ1) is 57.4. The number of halogens is 3. The normalized spacial score (nSPS) is 11.5. The molecule has 5 heterocycles. The van der Waals surface area contributed by atoms with E-state index < -0.39 is 11.7 Å². The summed E-state index contributed by atoms with van der Waals surface area (Å²) in [6.45, 7) is 0. The van der Waals surface area contributed by atoms with Gasteiger partial charge in [0, 0.05) is 77.5 Å². The van der Waals surface area contributed by atoms with Gasteiger partial charge in [-0.25, -0.2) is 49.8 Å². The summed E-state index contributed by atoms with van der Waals surface area (Å²) in [5.74, 6) is 2.84. The van der Waals surface area contributed by atoms with Crippen molar-refractivity contribution in [3.63, 3.8) is 0 Å². The molecule has 0 unspecified atom stereocenters. The van der Waals surface area contributed by atoms with Crippen LogP contribution in [-0.2, 0) is 6.18 Å². The van der Waals surface area contributed by atoms with Crippen molar-refractivity contribution in [2.45, 2.75) is 6.18 Å². The van der Waals surface area contributed by atoms with E-state index in [2.05, 4.69) is 0 Å². The molecule has 0 aliphatic heterocycles. The molecule has 14 heteroatoms. The Hall–Kier alpha value is -12.8. The molecule has 0 N–H and O–H groups in total. The zero-order valence-electron chi connectivity index (χ0n) is 50.4. The molecule has 450 valence electrons. The van der Waals surface area contributed by atoms with Gasteiger partial charge in [-0.15, -0.1) is 0 Å². The molecule has 0 saturated carbocycles. The fraction of sp³-hybridized carbons (Fsp3) is 0.0123. The van der Waals surface area contributed by atoms with Crippen LogP contribution in [0.5, 0.6) is 0 Å². The quantitative estimate of drug-likeness (QED) is 0.110. The lowest BCUT2D eigenvalue weighted by molar-refractivity contribution is -0.137. The van der Waals surface area contributed by atoms with E-state index in [4.69, 9.17) is 49.8 Å². The minimum atomic E-state index is -4.91. The molecule has 0 saturated heterocycles. The Kier molecular flexibility index (Phi) is 14.7. The van der Waals surface area contributed by atoms with E-state index in [0.29, 0.717) is 85.6 Å². The number of hydrogen-bond acceptors (Lipinski definition) is 10. The summed E-state index contributed by atoms with van der Waals surface area (Å²) in [6.07, 6.45) is -4.91. The van der Waals surface area contributed by atoms with Gasteiger partial charge in [-0.3, -0.25) is 0 Å². The number of nitrogens with zero attached hydrogens (tertiary/aromatic N) is 11. The van der Waals surface area contributed by atoms with Gasteiger partial charge in [0.2, 0.25) is 0 Å². The van der Waals surface area contributed by atoms with Gasteiger partial charge in [-0.2, -0.15) is 13.2 Å². The van der Waals surface area contributed by atoms with Crippen molar-refractivity contribution in [3.05, 3.63) is 309 Å². The van der Waals surface area contributed by atoms with Crippen LogP contribution in [0.1, 0.15) is 5.56 Å². The molecule has 0 amide bonds. The van der Waals surface area contributed by atoms with Crippen molar-refractivity contribution >= 4 is 21.8 Å².